The number of rotatable bonds is 0. The highest BCUT2D eigenvalue weighted by Crippen LogP contribution is 2.13. The van der Waals surface area contributed by atoms with Gasteiger partial charge in [0.25, 0.3) is 0 Å². The average molecular weight is 174 g/mol. The summed E-state index contributed by atoms with van der Waals surface area (Å²) in [4.78, 5) is 0. The molecule has 8 heavy (non-hydrogen) atoms. The highest BCUT2D eigenvalue weighted by Gasteiger charge is 1.98. The second kappa shape index (κ2) is 2.46. The van der Waals surface area contributed by atoms with Crippen molar-refractivity contribution < 1.29 is 0 Å². The lowest BCUT2D eigenvalue weighted by atomic mass is 10.1. The second-order valence-corrected chi connectivity index (χ2v) is 2.76. The molecule has 0 saturated carbocycles. The monoisotopic (exact) mass is 173 g/mol. The van der Waals surface area contributed by atoms with Crippen LogP contribution < -0.4 is 5.73 Å². The molecule has 1 aliphatic carbocycles. The third kappa shape index (κ3) is 1.46. The number of nitrogens with two attached hydrogens (primary N) is 1. The summed E-state index contributed by atoms with van der Waals surface area (Å²) in [6, 6.07) is 0.233. The van der Waals surface area contributed by atoms with Crippen molar-refractivity contribution in [3.05, 3.63) is 22.7 Å². The number of hydrogen-bond acceptors (Lipinski definition) is 1. The molecule has 0 aromatic heterocycles. The Kier molecular flexibility index (Phi) is 1.86. The molecule has 0 spiro atoms. The third-order valence-corrected chi connectivity index (χ3v) is 1.68. The van der Waals surface area contributed by atoms with Crippen molar-refractivity contribution in [2.24, 2.45) is 5.73 Å². The quantitative estimate of drug-likeness (QED) is 0.592. The van der Waals surface area contributed by atoms with Crippen molar-refractivity contribution in [3.8, 4) is 0 Å². The largest absolute Gasteiger partial charge is 0.324 e. The lowest BCUT2D eigenvalue weighted by Crippen LogP contribution is -2.16. The highest BCUT2D eigenvalue weighted by molar-refractivity contribution is 9.11. The van der Waals surface area contributed by atoms with E-state index in [0.717, 1.165) is 10.9 Å². The van der Waals surface area contributed by atoms with Gasteiger partial charge in [-0.2, -0.15) is 0 Å². The molecule has 1 nitrogen and oxygen atoms in total. The Morgan fingerprint density at radius 3 is 2.88 bits per heavy atom. The summed E-state index contributed by atoms with van der Waals surface area (Å²) in [5, 5.41) is 0. The SMILES string of the molecule is NC1C=CC(Br)=CC1. The molecule has 1 unspecified atom stereocenters. The van der Waals surface area contributed by atoms with Crippen LogP contribution in [0.25, 0.3) is 0 Å². The fraction of sp³-hybridized carbons (Fsp3) is 0.333. The van der Waals surface area contributed by atoms with Crippen molar-refractivity contribution in [2.45, 2.75) is 12.5 Å². The molecule has 2 N–H and O–H groups in total. The topological polar surface area (TPSA) is 26.0 Å². The van der Waals surface area contributed by atoms with Crippen LogP contribution in [0.2, 0.25) is 0 Å². The van der Waals surface area contributed by atoms with Crippen LogP contribution in [0.1, 0.15) is 6.42 Å². The van der Waals surface area contributed by atoms with Crippen molar-refractivity contribution >= 4 is 15.9 Å². The van der Waals surface area contributed by atoms with Crippen LogP contribution >= 0.6 is 15.9 Å². The molecule has 0 radical (unpaired) electrons. The number of hydrogen-bond donors (Lipinski definition) is 1. The van der Waals surface area contributed by atoms with Crippen molar-refractivity contribution in [1.29, 1.82) is 0 Å². The third-order valence-electron chi connectivity index (χ3n) is 1.09. The summed E-state index contributed by atoms with van der Waals surface area (Å²) in [6.07, 6.45) is 7.00. The van der Waals surface area contributed by atoms with Gasteiger partial charge in [-0.25, -0.2) is 0 Å². The first-order chi connectivity index (χ1) is 3.79. The van der Waals surface area contributed by atoms with Crippen molar-refractivity contribution in [2.75, 3.05) is 0 Å². The van der Waals surface area contributed by atoms with Crippen LogP contribution in [0.4, 0.5) is 0 Å². The molecular formula is C6H8BrN. The Labute approximate surface area is 57.4 Å². The van der Waals surface area contributed by atoms with Crippen molar-refractivity contribution in [1.82, 2.24) is 0 Å². The minimum atomic E-state index is 0.233. The maximum absolute atomic E-state index is 5.54. The average Bonchev–Trinajstić information content (AvgIpc) is 1.77. The van der Waals surface area contributed by atoms with E-state index < -0.39 is 0 Å². The maximum atomic E-state index is 5.54. The van der Waals surface area contributed by atoms with E-state index in [0.29, 0.717) is 0 Å². The van der Waals surface area contributed by atoms with Gasteiger partial charge in [-0.15, -0.1) is 0 Å². The zero-order chi connectivity index (χ0) is 5.98. The van der Waals surface area contributed by atoms with E-state index in [1.807, 2.05) is 12.2 Å². The molecule has 0 amide bonds. The van der Waals surface area contributed by atoms with Gasteiger partial charge in [0, 0.05) is 10.5 Å². The molecule has 0 aromatic rings. The normalized spacial score (nSPS) is 27.8. The molecule has 44 valence electrons. The molecule has 0 heterocycles. The Morgan fingerprint density at radius 1 is 1.75 bits per heavy atom. The van der Waals surface area contributed by atoms with Gasteiger partial charge in [-0.05, 0) is 6.42 Å². The second-order valence-electron chi connectivity index (χ2n) is 1.85. The fourth-order valence-corrected chi connectivity index (χ4v) is 0.950. The van der Waals surface area contributed by atoms with Crippen LogP contribution in [-0.2, 0) is 0 Å². The molecule has 0 aromatic carbocycles. The van der Waals surface area contributed by atoms with Crippen LogP contribution in [0.15, 0.2) is 22.7 Å². The standard InChI is InChI=1S/C6H8BrN/c7-5-1-3-6(8)4-2-5/h1-3,6H,4,8H2. The highest BCUT2D eigenvalue weighted by atomic mass is 79.9. The molecule has 1 atom stereocenters. The zero-order valence-corrected chi connectivity index (χ0v) is 6.06. The van der Waals surface area contributed by atoms with Gasteiger partial charge >= 0.3 is 0 Å². The predicted molar refractivity (Wildman–Crippen MR) is 38.7 cm³/mol. The molecular weight excluding hydrogens is 166 g/mol. The summed E-state index contributed by atoms with van der Waals surface area (Å²) in [7, 11) is 0. The summed E-state index contributed by atoms with van der Waals surface area (Å²) in [5.41, 5.74) is 5.54. The van der Waals surface area contributed by atoms with E-state index in [1.54, 1.807) is 0 Å². The molecule has 0 fully saturated rings. The Morgan fingerprint density at radius 2 is 2.50 bits per heavy atom. The van der Waals surface area contributed by atoms with Gasteiger partial charge in [0.2, 0.25) is 0 Å². The lowest BCUT2D eigenvalue weighted by molar-refractivity contribution is 0.824. The van der Waals surface area contributed by atoms with Gasteiger partial charge in [0.15, 0.2) is 0 Å². The van der Waals surface area contributed by atoms with Crippen molar-refractivity contribution in [3.63, 3.8) is 0 Å². The van der Waals surface area contributed by atoms with E-state index in [9.17, 15) is 0 Å². The van der Waals surface area contributed by atoms with Crippen LogP contribution in [-0.4, -0.2) is 6.04 Å². The summed E-state index contributed by atoms with van der Waals surface area (Å²) in [5.74, 6) is 0. The number of allylic oxidation sites excluding steroid dienone is 2. The first kappa shape index (κ1) is 6.05. The molecule has 0 saturated heterocycles. The Balaban J connectivity index is 2.58. The summed E-state index contributed by atoms with van der Waals surface area (Å²) < 4.78 is 1.14. The fourth-order valence-electron chi connectivity index (χ4n) is 0.611. The minimum absolute atomic E-state index is 0.233. The summed E-state index contributed by atoms with van der Waals surface area (Å²) in [6.45, 7) is 0. The summed E-state index contributed by atoms with van der Waals surface area (Å²) >= 11 is 3.33. The smallest absolute Gasteiger partial charge is 0.0262 e. The Bertz CT molecular complexity index is 137. The van der Waals surface area contributed by atoms with Crippen LogP contribution in [0.3, 0.4) is 0 Å². The van der Waals surface area contributed by atoms with Crippen LogP contribution in [0.5, 0.6) is 0 Å². The van der Waals surface area contributed by atoms with E-state index in [4.69, 9.17) is 5.73 Å². The van der Waals surface area contributed by atoms with Gasteiger partial charge < -0.3 is 5.73 Å². The first-order valence-corrected chi connectivity index (χ1v) is 3.38. The molecule has 2 heteroatoms. The van der Waals surface area contributed by atoms with Gasteiger partial charge in [-0.3, -0.25) is 0 Å². The van der Waals surface area contributed by atoms with Gasteiger partial charge in [-0.1, -0.05) is 34.2 Å². The first-order valence-electron chi connectivity index (χ1n) is 2.58. The molecule has 1 aliphatic rings. The predicted octanol–water partition coefficient (Wildman–Crippen LogP) is 1.55. The van der Waals surface area contributed by atoms with Gasteiger partial charge in [0.05, 0.1) is 0 Å². The lowest BCUT2D eigenvalue weighted by Gasteiger charge is -2.06. The van der Waals surface area contributed by atoms with E-state index in [2.05, 4.69) is 22.0 Å². The zero-order valence-electron chi connectivity index (χ0n) is 4.47. The van der Waals surface area contributed by atoms with E-state index in [1.165, 1.54) is 0 Å². The van der Waals surface area contributed by atoms with Crippen LogP contribution in [0, 0.1) is 0 Å². The Hall–Kier alpha value is -0.0800. The van der Waals surface area contributed by atoms with E-state index >= 15 is 0 Å². The molecule has 0 aliphatic heterocycles. The minimum Gasteiger partial charge on any atom is -0.324 e. The molecule has 1 rings (SSSR count). The van der Waals surface area contributed by atoms with Gasteiger partial charge in [0.1, 0.15) is 0 Å². The maximum Gasteiger partial charge on any atom is 0.0262 e. The molecule has 0 bridgehead atoms. The van der Waals surface area contributed by atoms with E-state index in [-0.39, 0.29) is 6.04 Å². The number of halogens is 1.